The molecule has 0 fully saturated rings. The Labute approximate surface area is 89.5 Å². The van der Waals surface area contributed by atoms with Gasteiger partial charge in [-0.3, -0.25) is 4.68 Å². The Kier molecular flexibility index (Phi) is 2.23. The molecule has 2 N–H and O–H groups in total. The van der Waals surface area contributed by atoms with Gasteiger partial charge in [0.2, 0.25) is 0 Å². The van der Waals surface area contributed by atoms with Crippen LogP contribution in [0.2, 0.25) is 0 Å². The Bertz CT molecular complexity index is 458. The van der Waals surface area contributed by atoms with E-state index in [2.05, 4.69) is 37.1 Å². The molecule has 15 heavy (non-hydrogen) atoms. The molecule has 3 heteroatoms. The Balaban J connectivity index is 2.74. The van der Waals surface area contributed by atoms with E-state index in [4.69, 9.17) is 5.73 Å². The number of rotatable bonds is 1. The first kappa shape index (κ1) is 9.77. The molecule has 0 bridgehead atoms. The van der Waals surface area contributed by atoms with E-state index in [9.17, 15) is 0 Å². The van der Waals surface area contributed by atoms with Crippen LogP contribution >= 0.6 is 0 Å². The summed E-state index contributed by atoms with van der Waals surface area (Å²) in [5, 5.41) is 4.17. The average Bonchev–Trinajstić information content (AvgIpc) is 2.49. The summed E-state index contributed by atoms with van der Waals surface area (Å²) in [4.78, 5) is 0. The van der Waals surface area contributed by atoms with E-state index in [1.807, 2.05) is 11.7 Å². The van der Waals surface area contributed by atoms with Gasteiger partial charge in [0, 0.05) is 12.6 Å². The fourth-order valence-corrected chi connectivity index (χ4v) is 1.95. The van der Waals surface area contributed by atoms with E-state index in [0.717, 1.165) is 11.4 Å². The highest BCUT2D eigenvalue weighted by Gasteiger charge is 2.12. The zero-order valence-corrected chi connectivity index (χ0v) is 9.28. The number of nitrogens with two attached hydrogens (primary N) is 1. The first-order valence-corrected chi connectivity index (χ1v) is 4.95. The van der Waals surface area contributed by atoms with E-state index in [0.29, 0.717) is 0 Å². The third-order valence-corrected chi connectivity index (χ3v) is 2.68. The highest BCUT2D eigenvalue weighted by atomic mass is 15.3. The van der Waals surface area contributed by atoms with Gasteiger partial charge in [-0.15, -0.1) is 0 Å². The molecule has 78 valence electrons. The first-order valence-electron chi connectivity index (χ1n) is 4.95. The van der Waals surface area contributed by atoms with Crippen LogP contribution in [0.4, 0.5) is 5.69 Å². The molecule has 0 aliphatic rings. The van der Waals surface area contributed by atoms with Gasteiger partial charge < -0.3 is 5.73 Å². The first-order chi connectivity index (χ1) is 7.11. The van der Waals surface area contributed by atoms with Crippen molar-refractivity contribution in [3.8, 4) is 11.3 Å². The third kappa shape index (κ3) is 1.50. The fraction of sp³-hybridized carbons (Fsp3) is 0.250. The quantitative estimate of drug-likeness (QED) is 0.769. The van der Waals surface area contributed by atoms with Crippen molar-refractivity contribution in [3.63, 3.8) is 0 Å². The van der Waals surface area contributed by atoms with Crippen molar-refractivity contribution in [1.82, 2.24) is 9.78 Å². The molecular formula is C12H15N3. The number of nitrogens with zero attached hydrogens (tertiary/aromatic N) is 2. The average molecular weight is 201 g/mol. The minimum Gasteiger partial charge on any atom is -0.396 e. The summed E-state index contributed by atoms with van der Waals surface area (Å²) in [6, 6.07) is 6.24. The molecule has 2 aromatic rings. The highest BCUT2D eigenvalue weighted by Crippen LogP contribution is 2.30. The van der Waals surface area contributed by atoms with Crippen molar-refractivity contribution < 1.29 is 0 Å². The topological polar surface area (TPSA) is 43.8 Å². The van der Waals surface area contributed by atoms with Gasteiger partial charge in [0.15, 0.2) is 0 Å². The Hall–Kier alpha value is -1.77. The lowest BCUT2D eigenvalue weighted by atomic mass is 9.99. The monoisotopic (exact) mass is 201 g/mol. The number of hydrogen-bond acceptors (Lipinski definition) is 2. The van der Waals surface area contributed by atoms with Crippen LogP contribution in [-0.2, 0) is 7.05 Å². The van der Waals surface area contributed by atoms with E-state index in [1.165, 1.54) is 16.7 Å². The van der Waals surface area contributed by atoms with Crippen molar-refractivity contribution in [2.75, 3.05) is 5.73 Å². The van der Waals surface area contributed by atoms with Crippen LogP contribution in [0.25, 0.3) is 11.3 Å². The van der Waals surface area contributed by atoms with Crippen LogP contribution in [0.3, 0.4) is 0 Å². The standard InChI is InChI=1S/C12H15N3/c1-8-5-4-6-9(2)11(8)12-10(13)7-14-15(12)3/h4-7H,13H2,1-3H3. The number of anilines is 1. The summed E-state index contributed by atoms with van der Waals surface area (Å²) in [7, 11) is 1.91. The summed E-state index contributed by atoms with van der Waals surface area (Å²) in [6.07, 6.45) is 1.70. The summed E-state index contributed by atoms with van der Waals surface area (Å²) in [5.74, 6) is 0. The molecular weight excluding hydrogens is 186 g/mol. The molecule has 1 heterocycles. The predicted octanol–water partition coefficient (Wildman–Crippen LogP) is 2.29. The lowest BCUT2D eigenvalue weighted by Gasteiger charge is -2.10. The van der Waals surface area contributed by atoms with Gasteiger partial charge in [-0.1, -0.05) is 18.2 Å². The van der Waals surface area contributed by atoms with Gasteiger partial charge in [-0.25, -0.2) is 0 Å². The molecule has 0 atom stereocenters. The van der Waals surface area contributed by atoms with E-state index in [-0.39, 0.29) is 0 Å². The van der Waals surface area contributed by atoms with Gasteiger partial charge in [0.1, 0.15) is 0 Å². The smallest absolute Gasteiger partial charge is 0.0914 e. The lowest BCUT2D eigenvalue weighted by Crippen LogP contribution is -1.99. The Morgan fingerprint density at radius 3 is 2.27 bits per heavy atom. The summed E-state index contributed by atoms with van der Waals surface area (Å²) in [6.45, 7) is 4.18. The predicted molar refractivity (Wildman–Crippen MR) is 62.5 cm³/mol. The van der Waals surface area contributed by atoms with Crippen LogP contribution in [0.5, 0.6) is 0 Å². The number of nitrogen functional groups attached to an aromatic ring is 1. The SMILES string of the molecule is Cc1cccc(C)c1-c1c(N)cnn1C. The molecule has 0 spiro atoms. The zero-order chi connectivity index (χ0) is 11.0. The number of aromatic nitrogens is 2. The molecule has 0 radical (unpaired) electrons. The van der Waals surface area contributed by atoms with Gasteiger partial charge in [-0.05, 0) is 25.0 Å². The van der Waals surface area contributed by atoms with Gasteiger partial charge in [0.05, 0.1) is 17.6 Å². The number of benzene rings is 1. The number of aryl methyl sites for hydroxylation is 3. The number of hydrogen-bond donors (Lipinski definition) is 1. The van der Waals surface area contributed by atoms with E-state index < -0.39 is 0 Å². The second kappa shape index (κ2) is 3.42. The largest absolute Gasteiger partial charge is 0.396 e. The Morgan fingerprint density at radius 2 is 1.80 bits per heavy atom. The van der Waals surface area contributed by atoms with Crippen molar-refractivity contribution in [3.05, 3.63) is 35.5 Å². The van der Waals surface area contributed by atoms with Crippen LogP contribution in [0.15, 0.2) is 24.4 Å². The highest BCUT2D eigenvalue weighted by molar-refractivity contribution is 5.77. The fourth-order valence-electron chi connectivity index (χ4n) is 1.95. The molecule has 1 aromatic heterocycles. The van der Waals surface area contributed by atoms with Crippen molar-refractivity contribution in [2.45, 2.75) is 13.8 Å². The second-order valence-electron chi connectivity index (χ2n) is 3.84. The van der Waals surface area contributed by atoms with Gasteiger partial charge in [-0.2, -0.15) is 5.10 Å². The van der Waals surface area contributed by atoms with Crippen LogP contribution < -0.4 is 5.73 Å². The Morgan fingerprint density at radius 1 is 1.20 bits per heavy atom. The zero-order valence-electron chi connectivity index (χ0n) is 9.28. The second-order valence-corrected chi connectivity index (χ2v) is 3.84. The van der Waals surface area contributed by atoms with Crippen LogP contribution in [0, 0.1) is 13.8 Å². The molecule has 3 nitrogen and oxygen atoms in total. The van der Waals surface area contributed by atoms with Crippen LogP contribution in [-0.4, -0.2) is 9.78 Å². The summed E-state index contributed by atoms with van der Waals surface area (Å²) >= 11 is 0. The van der Waals surface area contributed by atoms with Crippen molar-refractivity contribution in [1.29, 1.82) is 0 Å². The van der Waals surface area contributed by atoms with Gasteiger partial charge >= 0.3 is 0 Å². The van der Waals surface area contributed by atoms with Crippen LogP contribution in [0.1, 0.15) is 11.1 Å². The molecule has 0 amide bonds. The molecule has 0 saturated carbocycles. The summed E-state index contributed by atoms with van der Waals surface area (Å²) in [5.41, 5.74) is 11.3. The molecule has 0 aliphatic heterocycles. The summed E-state index contributed by atoms with van der Waals surface area (Å²) < 4.78 is 1.82. The van der Waals surface area contributed by atoms with Crippen molar-refractivity contribution >= 4 is 5.69 Å². The maximum atomic E-state index is 5.93. The molecule has 0 unspecified atom stereocenters. The molecule has 1 aromatic carbocycles. The van der Waals surface area contributed by atoms with E-state index in [1.54, 1.807) is 6.20 Å². The third-order valence-electron chi connectivity index (χ3n) is 2.68. The van der Waals surface area contributed by atoms with E-state index >= 15 is 0 Å². The lowest BCUT2D eigenvalue weighted by molar-refractivity contribution is 0.775. The minimum absolute atomic E-state index is 0.731. The van der Waals surface area contributed by atoms with Gasteiger partial charge in [0.25, 0.3) is 0 Å². The van der Waals surface area contributed by atoms with Crippen molar-refractivity contribution in [2.24, 2.45) is 7.05 Å². The normalized spacial score (nSPS) is 10.6. The maximum Gasteiger partial charge on any atom is 0.0914 e. The molecule has 0 saturated heterocycles. The maximum absolute atomic E-state index is 5.93. The molecule has 2 rings (SSSR count). The molecule has 0 aliphatic carbocycles. The minimum atomic E-state index is 0.731.